The van der Waals surface area contributed by atoms with Gasteiger partial charge in [0.05, 0.1) is 16.4 Å². The number of aromatic nitrogens is 3. The summed E-state index contributed by atoms with van der Waals surface area (Å²) in [4.78, 5) is 20.3. The molecule has 2 saturated heterocycles. The fraction of sp³-hybridized carbons (Fsp3) is 0.379. The number of fused-ring (bicyclic) bond motifs is 1. The molecule has 2 aliphatic rings. The molecule has 2 aliphatic heterocycles. The number of piperidine rings is 1. The van der Waals surface area contributed by atoms with Crippen LogP contribution >= 0.6 is 11.6 Å². The summed E-state index contributed by atoms with van der Waals surface area (Å²) in [6, 6.07) is 15.1. The van der Waals surface area contributed by atoms with E-state index in [0.717, 1.165) is 57.2 Å². The van der Waals surface area contributed by atoms with Crippen LogP contribution in [0.1, 0.15) is 18.4 Å². The van der Waals surface area contributed by atoms with Gasteiger partial charge in [-0.05, 0) is 56.6 Å². The van der Waals surface area contributed by atoms with Gasteiger partial charge in [-0.3, -0.25) is 4.90 Å². The first-order valence-electron chi connectivity index (χ1n) is 13.2. The molecule has 0 radical (unpaired) electrons. The van der Waals surface area contributed by atoms with Gasteiger partial charge in [-0.2, -0.15) is 0 Å². The first-order valence-corrected chi connectivity index (χ1v) is 13.6. The van der Waals surface area contributed by atoms with Crippen molar-refractivity contribution in [2.45, 2.75) is 25.8 Å². The quantitative estimate of drug-likeness (QED) is 0.363. The van der Waals surface area contributed by atoms with Crippen molar-refractivity contribution >= 4 is 39.8 Å². The van der Waals surface area contributed by atoms with Crippen molar-refractivity contribution in [2.75, 3.05) is 56.5 Å². The van der Waals surface area contributed by atoms with Gasteiger partial charge in [-0.15, -0.1) is 0 Å². The van der Waals surface area contributed by atoms with Crippen molar-refractivity contribution in [1.82, 2.24) is 24.8 Å². The van der Waals surface area contributed by atoms with E-state index in [1.165, 1.54) is 39.0 Å². The Bertz CT molecular complexity index is 1380. The minimum atomic E-state index is 0.558. The van der Waals surface area contributed by atoms with Gasteiger partial charge in [0.25, 0.3) is 0 Å². The van der Waals surface area contributed by atoms with E-state index in [9.17, 15) is 0 Å². The average Bonchev–Trinajstić information content (AvgIpc) is 3.35. The SMILES string of the molecule is Cc1cnc(Nc2ccc(N3CCC(N4CCN(C)CC4)CC3)c(Cl)c2)nc1-c1c[nH]c2ccccc12. The number of hydrogen-bond donors (Lipinski definition) is 2. The fourth-order valence-corrected chi connectivity index (χ4v) is 5.97. The second-order valence-corrected chi connectivity index (χ2v) is 10.7. The normalized spacial score (nSPS) is 18.0. The fourth-order valence-electron chi connectivity index (χ4n) is 5.67. The topological polar surface area (TPSA) is 63.3 Å². The highest BCUT2D eigenvalue weighted by molar-refractivity contribution is 6.33. The zero-order chi connectivity index (χ0) is 25.4. The molecule has 4 heterocycles. The first kappa shape index (κ1) is 24.2. The number of halogens is 1. The second kappa shape index (κ2) is 10.3. The predicted octanol–water partition coefficient (Wildman–Crippen LogP) is 5.55. The van der Waals surface area contributed by atoms with Crippen LogP contribution in [-0.4, -0.2) is 77.1 Å². The largest absolute Gasteiger partial charge is 0.370 e. The predicted molar refractivity (Wildman–Crippen MR) is 153 cm³/mol. The molecular formula is C29H34ClN7. The number of rotatable bonds is 5. The maximum atomic E-state index is 6.79. The van der Waals surface area contributed by atoms with Crippen LogP contribution in [0.2, 0.25) is 5.02 Å². The molecule has 7 nitrogen and oxygen atoms in total. The lowest BCUT2D eigenvalue weighted by atomic mass is 10.0. The van der Waals surface area contributed by atoms with E-state index in [2.05, 4.69) is 61.3 Å². The maximum Gasteiger partial charge on any atom is 0.227 e. The van der Waals surface area contributed by atoms with Crippen LogP contribution in [-0.2, 0) is 0 Å². The van der Waals surface area contributed by atoms with E-state index >= 15 is 0 Å². The summed E-state index contributed by atoms with van der Waals surface area (Å²) in [5.74, 6) is 0.558. The standard InChI is InChI=1S/C29H34ClN7/c1-20-18-32-29(34-28(20)24-19-31-26-6-4-3-5-23(24)26)33-21-7-8-27(25(30)17-21)37-11-9-22(10-12-37)36-15-13-35(2)14-16-36/h3-8,17-19,22,31H,9-16H2,1-2H3,(H,32,33,34). The number of nitrogens with one attached hydrogen (secondary N) is 2. The second-order valence-electron chi connectivity index (χ2n) is 10.3. The molecule has 0 unspecified atom stereocenters. The number of hydrogen-bond acceptors (Lipinski definition) is 6. The van der Waals surface area contributed by atoms with Gasteiger partial charge in [-0.25, -0.2) is 9.97 Å². The zero-order valence-electron chi connectivity index (χ0n) is 21.5. The van der Waals surface area contributed by atoms with Crippen molar-refractivity contribution in [2.24, 2.45) is 0 Å². The van der Waals surface area contributed by atoms with Crippen molar-refractivity contribution < 1.29 is 0 Å². The molecule has 2 fully saturated rings. The van der Waals surface area contributed by atoms with Gasteiger partial charge in [0.2, 0.25) is 5.95 Å². The smallest absolute Gasteiger partial charge is 0.227 e. The van der Waals surface area contributed by atoms with Crippen LogP contribution in [0.5, 0.6) is 0 Å². The number of benzene rings is 2. The monoisotopic (exact) mass is 515 g/mol. The number of piperazine rings is 1. The molecule has 2 aromatic carbocycles. The molecule has 4 aromatic rings. The Hall–Kier alpha value is -3.13. The molecule has 2 N–H and O–H groups in total. The number of nitrogens with zero attached hydrogens (tertiary/aromatic N) is 5. The maximum absolute atomic E-state index is 6.79. The molecule has 0 spiro atoms. The molecule has 8 heteroatoms. The van der Waals surface area contributed by atoms with Crippen LogP contribution in [0, 0.1) is 6.92 Å². The molecule has 37 heavy (non-hydrogen) atoms. The first-order chi connectivity index (χ1) is 18.0. The summed E-state index contributed by atoms with van der Waals surface area (Å²) in [5, 5.41) is 5.27. The summed E-state index contributed by atoms with van der Waals surface area (Å²) in [5.41, 5.74) is 6.11. The van der Waals surface area contributed by atoms with Crippen LogP contribution in [0.25, 0.3) is 22.2 Å². The Kier molecular flexibility index (Phi) is 6.76. The van der Waals surface area contributed by atoms with Crippen LogP contribution in [0.4, 0.5) is 17.3 Å². The molecule has 2 aromatic heterocycles. The molecule has 0 amide bonds. The number of aromatic amines is 1. The molecule has 0 saturated carbocycles. The Morgan fingerprint density at radius 2 is 1.78 bits per heavy atom. The zero-order valence-corrected chi connectivity index (χ0v) is 22.3. The summed E-state index contributed by atoms with van der Waals surface area (Å²) in [7, 11) is 2.22. The highest BCUT2D eigenvalue weighted by atomic mass is 35.5. The van der Waals surface area contributed by atoms with Gasteiger partial charge in [0.15, 0.2) is 0 Å². The summed E-state index contributed by atoms with van der Waals surface area (Å²) in [6.07, 6.45) is 6.26. The summed E-state index contributed by atoms with van der Waals surface area (Å²) in [6.45, 7) is 8.84. The summed E-state index contributed by atoms with van der Waals surface area (Å²) < 4.78 is 0. The van der Waals surface area contributed by atoms with Crippen LogP contribution in [0.3, 0.4) is 0 Å². The van der Waals surface area contributed by atoms with Gasteiger partial charge in [0, 0.05) is 79.9 Å². The Labute approximate surface area is 223 Å². The number of aryl methyl sites for hydroxylation is 1. The molecule has 192 valence electrons. The molecule has 0 aliphatic carbocycles. The molecule has 0 bridgehead atoms. The lowest BCUT2D eigenvalue weighted by Gasteiger charge is -2.42. The van der Waals surface area contributed by atoms with Gasteiger partial charge >= 0.3 is 0 Å². The van der Waals surface area contributed by atoms with E-state index in [-0.39, 0.29) is 0 Å². The Balaban J connectivity index is 1.14. The van der Waals surface area contributed by atoms with Gasteiger partial charge < -0.3 is 20.1 Å². The van der Waals surface area contributed by atoms with Crippen LogP contribution < -0.4 is 10.2 Å². The van der Waals surface area contributed by atoms with E-state index < -0.39 is 0 Å². The van der Waals surface area contributed by atoms with Crippen molar-refractivity contribution in [3.63, 3.8) is 0 Å². The lowest BCUT2D eigenvalue weighted by Crippen LogP contribution is -2.52. The van der Waals surface area contributed by atoms with E-state index in [0.29, 0.717) is 12.0 Å². The molecular weight excluding hydrogens is 482 g/mol. The molecule has 6 rings (SSSR count). The number of anilines is 3. The van der Waals surface area contributed by atoms with Gasteiger partial charge in [0.1, 0.15) is 0 Å². The van der Waals surface area contributed by atoms with Crippen molar-refractivity contribution in [1.29, 1.82) is 0 Å². The minimum Gasteiger partial charge on any atom is -0.370 e. The third-order valence-corrected chi connectivity index (χ3v) is 8.18. The summed E-state index contributed by atoms with van der Waals surface area (Å²) >= 11 is 6.79. The Morgan fingerprint density at radius 3 is 2.57 bits per heavy atom. The third kappa shape index (κ3) is 5.04. The number of para-hydroxylation sites is 1. The minimum absolute atomic E-state index is 0.558. The highest BCUT2D eigenvalue weighted by Crippen LogP contribution is 2.33. The van der Waals surface area contributed by atoms with Crippen LogP contribution in [0.15, 0.2) is 54.9 Å². The number of H-pyrrole nitrogens is 1. The van der Waals surface area contributed by atoms with E-state index in [4.69, 9.17) is 16.6 Å². The van der Waals surface area contributed by atoms with E-state index in [1.54, 1.807) is 0 Å². The molecule has 0 atom stereocenters. The van der Waals surface area contributed by atoms with E-state index in [1.807, 2.05) is 37.5 Å². The third-order valence-electron chi connectivity index (χ3n) is 7.88. The Morgan fingerprint density at radius 1 is 1.00 bits per heavy atom. The van der Waals surface area contributed by atoms with Crippen molar-refractivity contribution in [3.05, 3.63) is 65.4 Å². The van der Waals surface area contributed by atoms with Gasteiger partial charge in [-0.1, -0.05) is 29.8 Å². The van der Waals surface area contributed by atoms with Crippen molar-refractivity contribution in [3.8, 4) is 11.3 Å². The number of likely N-dealkylation sites (N-methyl/N-ethyl adjacent to an activating group) is 1. The average molecular weight is 516 g/mol. The lowest BCUT2D eigenvalue weighted by molar-refractivity contribution is 0.0982. The highest BCUT2D eigenvalue weighted by Gasteiger charge is 2.27.